The fraction of sp³-hybridized carbons (Fsp3) is 0.100. The first-order valence-corrected chi connectivity index (χ1v) is 8.26. The lowest BCUT2D eigenvalue weighted by Crippen LogP contribution is -2.41. The minimum atomic E-state index is -0.962. The van der Waals surface area contributed by atoms with Crippen molar-refractivity contribution >= 4 is 22.5 Å². The molecule has 0 amide bonds. The Morgan fingerprint density at radius 1 is 1.12 bits per heavy atom. The van der Waals surface area contributed by atoms with E-state index in [4.69, 9.17) is 10.5 Å². The minimum Gasteiger partial charge on any atom is -0.497 e. The molecule has 1 aliphatic rings. The van der Waals surface area contributed by atoms with Crippen LogP contribution >= 0.6 is 0 Å². The number of nitrogens with zero attached hydrogens (tertiary/aromatic N) is 2. The molecule has 2 heterocycles. The Balaban J connectivity index is 1.65. The van der Waals surface area contributed by atoms with Crippen molar-refractivity contribution in [3.05, 3.63) is 78.6 Å². The van der Waals surface area contributed by atoms with E-state index >= 15 is 0 Å². The van der Waals surface area contributed by atoms with Crippen LogP contribution in [-0.2, 0) is 5.66 Å². The van der Waals surface area contributed by atoms with Crippen LogP contribution in [0.5, 0.6) is 5.75 Å². The van der Waals surface area contributed by atoms with Crippen LogP contribution in [0.1, 0.15) is 5.56 Å². The summed E-state index contributed by atoms with van der Waals surface area (Å²) in [6.07, 6.45) is 5.41. The summed E-state index contributed by atoms with van der Waals surface area (Å²) in [5.74, 6) is 1.33. The van der Waals surface area contributed by atoms with E-state index in [-0.39, 0.29) is 0 Å². The molecule has 0 fully saturated rings. The first-order chi connectivity index (χ1) is 12.7. The largest absolute Gasteiger partial charge is 0.497 e. The van der Waals surface area contributed by atoms with E-state index in [2.05, 4.69) is 20.6 Å². The van der Waals surface area contributed by atoms with Gasteiger partial charge in [-0.25, -0.2) is 4.99 Å². The van der Waals surface area contributed by atoms with Crippen LogP contribution in [0.25, 0.3) is 10.9 Å². The molecule has 130 valence electrons. The Morgan fingerprint density at radius 2 is 2.04 bits per heavy atom. The number of ether oxygens (including phenoxy) is 1. The molecular formula is C20H19N5O. The second-order valence-electron chi connectivity index (χ2n) is 6.03. The highest BCUT2D eigenvalue weighted by molar-refractivity contribution is 5.95. The number of nitrogens with two attached hydrogens (primary N) is 1. The number of aromatic nitrogens is 1. The predicted octanol–water partition coefficient (Wildman–Crippen LogP) is 2.94. The van der Waals surface area contributed by atoms with Gasteiger partial charge in [-0.2, -0.15) is 0 Å². The van der Waals surface area contributed by atoms with E-state index in [1.54, 1.807) is 19.5 Å². The number of rotatable bonds is 3. The molecule has 0 bridgehead atoms. The van der Waals surface area contributed by atoms with Gasteiger partial charge in [-0.3, -0.25) is 10.7 Å². The van der Waals surface area contributed by atoms with Crippen molar-refractivity contribution in [1.29, 1.82) is 0 Å². The maximum atomic E-state index is 6.57. The van der Waals surface area contributed by atoms with E-state index < -0.39 is 5.66 Å². The number of anilines is 1. The number of hydrogen-bond donors (Lipinski definition) is 3. The van der Waals surface area contributed by atoms with Crippen LogP contribution in [0.4, 0.5) is 5.69 Å². The van der Waals surface area contributed by atoms with Gasteiger partial charge in [-0.15, -0.1) is 0 Å². The van der Waals surface area contributed by atoms with Crippen LogP contribution in [0.3, 0.4) is 0 Å². The highest BCUT2D eigenvalue weighted by atomic mass is 16.5. The third kappa shape index (κ3) is 3.10. The summed E-state index contributed by atoms with van der Waals surface area (Å²) < 4.78 is 5.25. The molecule has 6 nitrogen and oxygen atoms in total. The monoisotopic (exact) mass is 345 g/mol. The molecule has 1 aromatic heterocycles. The van der Waals surface area contributed by atoms with Gasteiger partial charge < -0.3 is 15.4 Å². The average molecular weight is 345 g/mol. The Morgan fingerprint density at radius 3 is 2.92 bits per heavy atom. The zero-order chi connectivity index (χ0) is 18.0. The molecule has 4 rings (SSSR count). The maximum Gasteiger partial charge on any atom is 0.202 e. The number of aliphatic imine (C=N–C) groups is 1. The van der Waals surface area contributed by atoms with Crippen LogP contribution in [0, 0.1) is 0 Å². The van der Waals surface area contributed by atoms with Crippen molar-refractivity contribution in [2.45, 2.75) is 5.66 Å². The van der Waals surface area contributed by atoms with Crippen molar-refractivity contribution in [3.63, 3.8) is 0 Å². The van der Waals surface area contributed by atoms with Crippen molar-refractivity contribution in [3.8, 4) is 5.75 Å². The van der Waals surface area contributed by atoms with Gasteiger partial charge in [-0.05, 0) is 42.0 Å². The SMILES string of the molecule is COc1cccc(NC2=NC(N)(c3ccc4ncccc4c3)C=CN2)c1. The van der Waals surface area contributed by atoms with E-state index in [9.17, 15) is 0 Å². The van der Waals surface area contributed by atoms with E-state index in [0.29, 0.717) is 5.96 Å². The van der Waals surface area contributed by atoms with Crippen LogP contribution in [-0.4, -0.2) is 18.1 Å². The third-order valence-electron chi connectivity index (χ3n) is 4.25. The average Bonchev–Trinajstić information content (AvgIpc) is 2.68. The maximum absolute atomic E-state index is 6.57. The number of nitrogens with one attached hydrogen (secondary N) is 2. The molecule has 1 atom stereocenters. The molecule has 1 unspecified atom stereocenters. The molecule has 2 aromatic carbocycles. The lowest BCUT2D eigenvalue weighted by Gasteiger charge is -2.27. The Kier molecular flexibility index (Phi) is 4.02. The van der Waals surface area contributed by atoms with Crippen molar-refractivity contribution in [1.82, 2.24) is 10.3 Å². The summed E-state index contributed by atoms with van der Waals surface area (Å²) >= 11 is 0. The number of benzene rings is 2. The Hall–Kier alpha value is -3.38. The summed E-state index contributed by atoms with van der Waals surface area (Å²) in [6.45, 7) is 0. The topological polar surface area (TPSA) is 84.6 Å². The molecule has 4 N–H and O–H groups in total. The van der Waals surface area contributed by atoms with E-state index in [1.807, 2.05) is 60.7 Å². The van der Waals surface area contributed by atoms with E-state index in [1.165, 1.54) is 0 Å². The summed E-state index contributed by atoms with van der Waals surface area (Å²) in [4.78, 5) is 9.01. The minimum absolute atomic E-state index is 0.564. The standard InChI is InChI=1S/C20H19N5O/c1-26-17-6-2-5-16(13-17)24-19-23-11-9-20(21,25-19)15-7-8-18-14(12-15)4-3-10-22-18/h2-13H,21H2,1H3,(H2,23,24,25). The number of pyridine rings is 1. The zero-order valence-corrected chi connectivity index (χ0v) is 14.3. The van der Waals surface area contributed by atoms with Gasteiger partial charge in [0.05, 0.1) is 12.6 Å². The number of guanidine groups is 1. The predicted molar refractivity (Wildman–Crippen MR) is 104 cm³/mol. The van der Waals surface area contributed by atoms with Gasteiger partial charge in [-0.1, -0.05) is 18.2 Å². The molecule has 0 aliphatic carbocycles. The summed E-state index contributed by atoms with van der Waals surface area (Å²) in [5.41, 5.74) is 8.28. The smallest absolute Gasteiger partial charge is 0.202 e. The van der Waals surface area contributed by atoms with Gasteiger partial charge in [0, 0.05) is 29.5 Å². The molecule has 6 heteroatoms. The van der Waals surface area contributed by atoms with E-state index in [0.717, 1.165) is 27.9 Å². The van der Waals surface area contributed by atoms with Crippen LogP contribution < -0.4 is 21.1 Å². The molecule has 0 saturated carbocycles. The highest BCUT2D eigenvalue weighted by Gasteiger charge is 2.27. The van der Waals surface area contributed by atoms with Crippen LogP contribution in [0.2, 0.25) is 0 Å². The fourth-order valence-corrected chi connectivity index (χ4v) is 2.89. The number of hydrogen-bond acceptors (Lipinski definition) is 6. The highest BCUT2D eigenvalue weighted by Crippen LogP contribution is 2.27. The summed E-state index contributed by atoms with van der Waals surface area (Å²) in [5, 5.41) is 7.35. The third-order valence-corrected chi connectivity index (χ3v) is 4.25. The second kappa shape index (κ2) is 6.50. The van der Waals surface area contributed by atoms with Crippen LogP contribution in [0.15, 0.2) is 78.1 Å². The molecule has 0 radical (unpaired) electrons. The fourth-order valence-electron chi connectivity index (χ4n) is 2.89. The number of methoxy groups -OCH3 is 1. The Bertz CT molecular complexity index is 1010. The zero-order valence-electron chi connectivity index (χ0n) is 14.3. The van der Waals surface area contributed by atoms with Crippen molar-refractivity contribution < 1.29 is 4.74 Å². The quantitative estimate of drug-likeness (QED) is 0.680. The Labute approximate surface area is 151 Å². The normalized spacial score (nSPS) is 18.9. The van der Waals surface area contributed by atoms with Gasteiger partial charge >= 0.3 is 0 Å². The number of fused-ring (bicyclic) bond motifs is 1. The second-order valence-corrected chi connectivity index (χ2v) is 6.03. The lowest BCUT2D eigenvalue weighted by molar-refractivity contribution is 0.415. The van der Waals surface area contributed by atoms with Gasteiger partial charge in [0.15, 0.2) is 5.66 Å². The van der Waals surface area contributed by atoms with Gasteiger partial charge in [0.2, 0.25) is 5.96 Å². The molecule has 26 heavy (non-hydrogen) atoms. The van der Waals surface area contributed by atoms with Gasteiger partial charge in [0.1, 0.15) is 5.75 Å². The van der Waals surface area contributed by atoms with Crippen molar-refractivity contribution in [2.75, 3.05) is 12.4 Å². The molecular weight excluding hydrogens is 326 g/mol. The van der Waals surface area contributed by atoms with Crippen molar-refractivity contribution in [2.24, 2.45) is 10.7 Å². The lowest BCUT2D eigenvalue weighted by atomic mass is 9.98. The molecule has 0 spiro atoms. The molecule has 3 aromatic rings. The first-order valence-electron chi connectivity index (χ1n) is 8.26. The molecule has 0 saturated heterocycles. The van der Waals surface area contributed by atoms with Gasteiger partial charge in [0.25, 0.3) is 0 Å². The summed E-state index contributed by atoms with van der Waals surface area (Å²) in [6, 6.07) is 17.5. The molecule has 1 aliphatic heterocycles. The summed E-state index contributed by atoms with van der Waals surface area (Å²) in [7, 11) is 1.64. The first kappa shape index (κ1) is 16.1.